The van der Waals surface area contributed by atoms with Gasteiger partial charge in [0.05, 0.1) is 5.92 Å². The van der Waals surface area contributed by atoms with Crippen LogP contribution in [0.3, 0.4) is 0 Å². The van der Waals surface area contributed by atoms with Gasteiger partial charge in [0.1, 0.15) is 0 Å². The first-order valence-corrected chi connectivity index (χ1v) is 7.25. The van der Waals surface area contributed by atoms with Gasteiger partial charge in [-0.3, -0.25) is 4.79 Å². The predicted molar refractivity (Wildman–Crippen MR) is 87.4 cm³/mol. The molecular formula is C18H22N2O. The van der Waals surface area contributed by atoms with Crippen LogP contribution < -0.4 is 10.6 Å². The Morgan fingerprint density at radius 3 is 2.24 bits per heavy atom. The van der Waals surface area contributed by atoms with E-state index in [1.54, 1.807) is 0 Å². The molecule has 0 radical (unpaired) electrons. The summed E-state index contributed by atoms with van der Waals surface area (Å²) in [5.74, 6) is -0.166. The van der Waals surface area contributed by atoms with Crippen molar-refractivity contribution in [2.24, 2.45) is 0 Å². The number of hydrogen-bond donors (Lipinski definition) is 2. The Hall–Kier alpha value is -2.13. The van der Waals surface area contributed by atoms with E-state index in [0.29, 0.717) is 0 Å². The van der Waals surface area contributed by atoms with E-state index >= 15 is 0 Å². The Balaban J connectivity index is 2.17. The van der Waals surface area contributed by atoms with E-state index in [0.717, 1.165) is 16.8 Å². The minimum Gasteiger partial charge on any atom is -0.325 e. The van der Waals surface area contributed by atoms with Gasteiger partial charge in [-0.25, -0.2) is 0 Å². The van der Waals surface area contributed by atoms with Crippen molar-refractivity contribution < 1.29 is 4.79 Å². The first-order chi connectivity index (χ1) is 10.1. The molecule has 0 bridgehead atoms. The molecule has 0 saturated heterocycles. The summed E-state index contributed by atoms with van der Waals surface area (Å²) in [5.41, 5.74) is 2.98. The standard InChI is InChI=1S/C18H22N2O/c1-13(15-9-5-4-6-10-15)18(21)20-17-12-8-7-11-16(17)14(2)19-3/h4-14,19H,1-3H3,(H,20,21). The number of para-hydroxylation sites is 1. The van der Waals surface area contributed by atoms with Gasteiger partial charge in [-0.05, 0) is 38.1 Å². The average molecular weight is 282 g/mol. The second-order valence-electron chi connectivity index (χ2n) is 5.22. The van der Waals surface area contributed by atoms with Crippen LogP contribution in [-0.4, -0.2) is 13.0 Å². The van der Waals surface area contributed by atoms with Crippen LogP contribution in [0.1, 0.15) is 36.9 Å². The molecule has 3 nitrogen and oxygen atoms in total. The summed E-state index contributed by atoms with van der Waals surface area (Å²) in [5, 5.41) is 6.25. The normalized spacial score (nSPS) is 13.5. The second kappa shape index (κ2) is 7.04. The number of carbonyl (C=O) groups excluding carboxylic acids is 1. The summed E-state index contributed by atoms with van der Waals surface area (Å²) in [4.78, 5) is 12.4. The molecule has 2 aromatic rings. The van der Waals surface area contributed by atoms with Crippen LogP contribution in [0, 0.1) is 0 Å². The zero-order valence-corrected chi connectivity index (χ0v) is 12.8. The van der Waals surface area contributed by atoms with Gasteiger partial charge in [0.2, 0.25) is 5.91 Å². The van der Waals surface area contributed by atoms with Crippen molar-refractivity contribution in [3.8, 4) is 0 Å². The van der Waals surface area contributed by atoms with E-state index < -0.39 is 0 Å². The van der Waals surface area contributed by atoms with Gasteiger partial charge in [0.15, 0.2) is 0 Å². The number of hydrogen-bond acceptors (Lipinski definition) is 2. The summed E-state index contributed by atoms with van der Waals surface area (Å²) >= 11 is 0. The third kappa shape index (κ3) is 3.70. The van der Waals surface area contributed by atoms with Crippen LogP contribution in [-0.2, 0) is 4.79 Å². The van der Waals surface area contributed by atoms with Crippen LogP contribution in [0.5, 0.6) is 0 Å². The lowest BCUT2D eigenvalue weighted by Crippen LogP contribution is -2.21. The zero-order chi connectivity index (χ0) is 15.2. The van der Waals surface area contributed by atoms with E-state index in [2.05, 4.69) is 17.6 Å². The molecule has 0 spiro atoms. The molecule has 2 rings (SSSR count). The molecule has 0 heterocycles. The summed E-state index contributed by atoms with van der Waals surface area (Å²) in [6, 6.07) is 17.9. The summed E-state index contributed by atoms with van der Waals surface area (Å²) < 4.78 is 0. The Morgan fingerprint density at radius 2 is 1.57 bits per heavy atom. The van der Waals surface area contributed by atoms with Crippen LogP contribution in [0.2, 0.25) is 0 Å². The van der Waals surface area contributed by atoms with E-state index in [1.165, 1.54) is 0 Å². The quantitative estimate of drug-likeness (QED) is 0.877. The van der Waals surface area contributed by atoms with Gasteiger partial charge in [-0.2, -0.15) is 0 Å². The SMILES string of the molecule is CNC(C)c1ccccc1NC(=O)C(C)c1ccccc1. The molecule has 0 saturated carbocycles. The lowest BCUT2D eigenvalue weighted by Gasteiger charge is -2.18. The molecule has 0 aliphatic rings. The topological polar surface area (TPSA) is 41.1 Å². The predicted octanol–water partition coefficient (Wildman–Crippen LogP) is 3.71. The number of rotatable bonds is 5. The third-order valence-electron chi connectivity index (χ3n) is 3.81. The summed E-state index contributed by atoms with van der Waals surface area (Å²) in [7, 11) is 1.91. The molecule has 2 aromatic carbocycles. The van der Waals surface area contributed by atoms with Crippen molar-refractivity contribution in [2.75, 3.05) is 12.4 Å². The molecular weight excluding hydrogens is 260 g/mol. The number of anilines is 1. The van der Waals surface area contributed by atoms with Crippen molar-refractivity contribution in [1.82, 2.24) is 5.32 Å². The largest absolute Gasteiger partial charge is 0.325 e. The molecule has 2 N–H and O–H groups in total. The number of carbonyl (C=O) groups is 1. The smallest absolute Gasteiger partial charge is 0.231 e. The van der Waals surface area contributed by atoms with E-state index in [9.17, 15) is 4.79 Å². The molecule has 110 valence electrons. The Morgan fingerprint density at radius 1 is 0.952 bits per heavy atom. The maximum absolute atomic E-state index is 12.4. The fourth-order valence-electron chi connectivity index (χ4n) is 2.28. The fraction of sp³-hybridized carbons (Fsp3) is 0.278. The first kappa shape index (κ1) is 15.3. The van der Waals surface area contributed by atoms with Crippen molar-refractivity contribution in [1.29, 1.82) is 0 Å². The molecule has 21 heavy (non-hydrogen) atoms. The number of benzene rings is 2. The molecule has 0 aromatic heterocycles. The second-order valence-corrected chi connectivity index (χ2v) is 5.22. The summed E-state index contributed by atoms with van der Waals surface area (Å²) in [6.07, 6.45) is 0. The molecule has 1 amide bonds. The lowest BCUT2D eigenvalue weighted by molar-refractivity contribution is -0.117. The Bertz CT molecular complexity index is 595. The van der Waals surface area contributed by atoms with Crippen molar-refractivity contribution >= 4 is 11.6 Å². The molecule has 0 fully saturated rings. The molecule has 3 heteroatoms. The van der Waals surface area contributed by atoms with Gasteiger partial charge in [-0.1, -0.05) is 48.5 Å². The average Bonchev–Trinajstić information content (AvgIpc) is 2.54. The highest BCUT2D eigenvalue weighted by Crippen LogP contribution is 2.24. The van der Waals surface area contributed by atoms with Crippen LogP contribution in [0.25, 0.3) is 0 Å². The van der Waals surface area contributed by atoms with Crippen LogP contribution >= 0.6 is 0 Å². The highest BCUT2D eigenvalue weighted by molar-refractivity contribution is 5.96. The third-order valence-corrected chi connectivity index (χ3v) is 3.81. The minimum absolute atomic E-state index is 0.0111. The highest BCUT2D eigenvalue weighted by atomic mass is 16.1. The maximum Gasteiger partial charge on any atom is 0.231 e. The van der Waals surface area contributed by atoms with E-state index in [4.69, 9.17) is 0 Å². The summed E-state index contributed by atoms with van der Waals surface area (Å²) in [6.45, 7) is 4.00. The Kier molecular flexibility index (Phi) is 5.12. The highest BCUT2D eigenvalue weighted by Gasteiger charge is 2.17. The lowest BCUT2D eigenvalue weighted by atomic mass is 9.99. The van der Waals surface area contributed by atoms with Gasteiger partial charge in [-0.15, -0.1) is 0 Å². The van der Waals surface area contributed by atoms with Crippen molar-refractivity contribution in [2.45, 2.75) is 25.8 Å². The van der Waals surface area contributed by atoms with Gasteiger partial charge in [0, 0.05) is 11.7 Å². The molecule has 2 atom stereocenters. The zero-order valence-electron chi connectivity index (χ0n) is 12.8. The van der Waals surface area contributed by atoms with Crippen molar-refractivity contribution in [3.63, 3.8) is 0 Å². The monoisotopic (exact) mass is 282 g/mol. The van der Waals surface area contributed by atoms with Gasteiger partial charge in [0.25, 0.3) is 0 Å². The molecule has 2 unspecified atom stereocenters. The van der Waals surface area contributed by atoms with Crippen LogP contribution in [0.15, 0.2) is 54.6 Å². The van der Waals surface area contributed by atoms with Gasteiger partial charge < -0.3 is 10.6 Å². The fourth-order valence-corrected chi connectivity index (χ4v) is 2.28. The van der Waals surface area contributed by atoms with Crippen LogP contribution in [0.4, 0.5) is 5.69 Å². The number of amides is 1. The van der Waals surface area contributed by atoms with E-state index in [1.807, 2.05) is 68.6 Å². The van der Waals surface area contributed by atoms with E-state index in [-0.39, 0.29) is 17.9 Å². The van der Waals surface area contributed by atoms with Gasteiger partial charge >= 0.3 is 0 Å². The first-order valence-electron chi connectivity index (χ1n) is 7.25. The van der Waals surface area contributed by atoms with Crippen molar-refractivity contribution in [3.05, 3.63) is 65.7 Å². The number of nitrogens with one attached hydrogen (secondary N) is 2. The molecule has 0 aliphatic carbocycles. The molecule has 0 aliphatic heterocycles. The maximum atomic E-state index is 12.4. The minimum atomic E-state index is -0.177. The Labute approximate surface area is 126 Å².